The van der Waals surface area contributed by atoms with Crippen molar-refractivity contribution in [2.24, 2.45) is 7.05 Å². The molecule has 0 radical (unpaired) electrons. The van der Waals surface area contributed by atoms with Crippen molar-refractivity contribution in [3.05, 3.63) is 46.7 Å². The van der Waals surface area contributed by atoms with E-state index >= 15 is 0 Å². The van der Waals surface area contributed by atoms with Gasteiger partial charge in [0.2, 0.25) is 0 Å². The summed E-state index contributed by atoms with van der Waals surface area (Å²) in [5, 5.41) is 13.8. The van der Waals surface area contributed by atoms with Crippen LogP contribution in [0.2, 0.25) is 5.15 Å². The Hall–Kier alpha value is -1.99. The molecule has 2 rings (SSSR count). The topological polar surface area (TPSA) is 44.9 Å². The Balaban J connectivity index is 2.26. The lowest BCUT2D eigenvalue weighted by atomic mass is 10.2. The van der Waals surface area contributed by atoms with E-state index in [9.17, 15) is 0 Å². The second-order valence-corrected chi connectivity index (χ2v) is 5.00. The van der Waals surface area contributed by atoms with Crippen molar-refractivity contribution in [2.75, 3.05) is 11.4 Å². The van der Waals surface area contributed by atoms with Crippen LogP contribution in [0.4, 0.5) is 5.69 Å². The second kappa shape index (κ2) is 6.44. The summed E-state index contributed by atoms with van der Waals surface area (Å²) in [5.41, 5.74) is 3.02. The summed E-state index contributed by atoms with van der Waals surface area (Å²) < 4.78 is 1.68. The predicted octanol–water partition coefficient (Wildman–Crippen LogP) is 3.30. The maximum Gasteiger partial charge on any atom is 0.131 e. The predicted molar refractivity (Wildman–Crippen MR) is 80.7 cm³/mol. The Morgan fingerprint density at radius 2 is 2.05 bits per heavy atom. The molecule has 0 atom stereocenters. The SMILES string of the molecule is Cc1nn(C)c(Cl)c1CN(CCC#N)c1ccccc1. The summed E-state index contributed by atoms with van der Waals surface area (Å²) in [7, 11) is 1.83. The highest BCUT2D eigenvalue weighted by Gasteiger charge is 2.15. The highest BCUT2D eigenvalue weighted by atomic mass is 35.5. The fourth-order valence-electron chi connectivity index (χ4n) is 2.17. The lowest BCUT2D eigenvalue weighted by Gasteiger charge is -2.23. The fourth-order valence-corrected chi connectivity index (χ4v) is 2.40. The van der Waals surface area contributed by atoms with Crippen LogP contribution in [0, 0.1) is 18.3 Å². The molecule has 0 amide bonds. The molecule has 0 bridgehead atoms. The van der Waals surface area contributed by atoms with Crippen molar-refractivity contribution in [2.45, 2.75) is 19.9 Å². The van der Waals surface area contributed by atoms with Gasteiger partial charge < -0.3 is 4.90 Å². The molecular weight excluding hydrogens is 272 g/mol. The third-order valence-electron chi connectivity index (χ3n) is 3.23. The Bertz CT molecular complexity index is 613. The zero-order valence-electron chi connectivity index (χ0n) is 11.7. The molecule has 20 heavy (non-hydrogen) atoms. The number of rotatable bonds is 5. The summed E-state index contributed by atoms with van der Waals surface area (Å²) in [6.07, 6.45) is 0.478. The summed E-state index contributed by atoms with van der Waals surface area (Å²) >= 11 is 6.29. The summed E-state index contributed by atoms with van der Waals surface area (Å²) in [6, 6.07) is 12.2. The molecule has 0 fully saturated rings. The van der Waals surface area contributed by atoms with E-state index in [-0.39, 0.29) is 0 Å². The van der Waals surface area contributed by atoms with E-state index in [4.69, 9.17) is 16.9 Å². The minimum absolute atomic E-state index is 0.478. The van der Waals surface area contributed by atoms with Crippen molar-refractivity contribution < 1.29 is 0 Å². The molecule has 0 saturated heterocycles. The van der Waals surface area contributed by atoms with Crippen LogP contribution in [0.1, 0.15) is 17.7 Å². The zero-order chi connectivity index (χ0) is 14.5. The number of benzene rings is 1. The minimum atomic E-state index is 0.478. The number of aromatic nitrogens is 2. The van der Waals surface area contributed by atoms with Crippen molar-refractivity contribution in [3.63, 3.8) is 0 Å². The molecule has 2 aromatic rings. The number of nitrogens with zero attached hydrogens (tertiary/aromatic N) is 4. The molecule has 104 valence electrons. The molecule has 1 aromatic heterocycles. The molecule has 0 saturated carbocycles. The van der Waals surface area contributed by atoms with Crippen LogP contribution in [-0.4, -0.2) is 16.3 Å². The summed E-state index contributed by atoms with van der Waals surface area (Å²) in [6.45, 7) is 3.28. The molecule has 0 aliphatic heterocycles. The van der Waals surface area contributed by atoms with Crippen molar-refractivity contribution in [1.82, 2.24) is 9.78 Å². The van der Waals surface area contributed by atoms with Crippen LogP contribution in [0.3, 0.4) is 0 Å². The maximum absolute atomic E-state index is 8.82. The Kier molecular flexibility index (Phi) is 4.65. The van der Waals surface area contributed by atoms with Gasteiger partial charge in [-0.3, -0.25) is 4.68 Å². The number of para-hydroxylation sites is 1. The molecule has 0 aliphatic carbocycles. The number of hydrogen-bond acceptors (Lipinski definition) is 3. The first-order chi connectivity index (χ1) is 9.63. The lowest BCUT2D eigenvalue weighted by Crippen LogP contribution is -2.24. The average Bonchev–Trinajstić information content (AvgIpc) is 2.70. The van der Waals surface area contributed by atoms with Crippen LogP contribution >= 0.6 is 11.6 Å². The van der Waals surface area contributed by atoms with Gasteiger partial charge >= 0.3 is 0 Å². The quantitative estimate of drug-likeness (QED) is 0.848. The number of aryl methyl sites for hydroxylation is 2. The first-order valence-electron chi connectivity index (χ1n) is 6.48. The monoisotopic (exact) mass is 288 g/mol. The van der Waals surface area contributed by atoms with Gasteiger partial charge in [-0.05, 0) is 19.1 Å². The smallest absolute Gasteiger partial charge is 0.131 e. The number of anilines is 1. The molecule has 5 heteroatoms. The van der Waals surface area contributed by atoms with Gasteiger partial charge in [0.05, 0.1) is 18.2 Å². The standard InChI is InChI=1S/C15H17ClN4/c1-12-14(15(16)19(2)18-12)11-20(10-6-9-17)13-7-4-3-5-8-13/h3-5,7-8H,6,10-11H2,1-2H3. The van der Waals surface area contributed by atoms with E-state index in [1.807, 2.05) is 44.3 Å². The third-order valence-corrected chi connectivity index (χ3v) is 3.71. The van der Waals surface area contributed by atoms with Gasteiger partial charge in [-0.15, -0.1) is 0 Å². The van der Waals surface area contributed by atoms with Gasteiger partial charge in [-0.2, -0.15) is 10.4 Å². The molecular formula is C15H17ClN4. The van der Waals surface area contributed by atoms with Crippen LogP contribution in [0.25, 0.3) is 0 Å². The van der Waals surface area contributed by atoms with Crippen molar-refractivity contribution in [3.8, 4) is 6.07 Å². The molecule has 0 N–H and O–H groups in total. The van der Waals surface area contributed by atoms with Gasteiger partial charge in [0.25, 0.3) is 0 Å². The van der Waals surface area contributed by atoms with E-state index in [0.717, 1.165) is 16.9 Å². The first-order valence-corrected chi connectivity index (χ1v) is 6.86. The highest BCUT2D eigenvalue weighted by molar-refractivity contribution is 6.30. The third kappa shape index (κ3) is 3.12. The Morgan fingerprint density at radius 1 is 1.35 bits per heavy atom. The molecule has 0 aliphatic rings. The number of nitriles is 1. The minimum Gasteiger partial charge on any atom is -0.366 e. The molecule has 0 spiro atoms. The van der Waals surface area contributed by atoms with Gasteiger partial charge in [0.15, 0.2) is 0 Å². The zero-order valence-corrected chi connectivity index (χ0v) is 12.4. The molecule has 1 heterocycles. The summed E-state index contributed by atoms with van der Waals surface area (Å²) in [4.78, 5) is 2.15. The van der Waals surface area contributed by atoms with Crippen molar-refractivity contribution >= 4 is 17.3 Å². The molecule has 4 nitrogen and oxygen atoms in total. The van der Waals surface area contributed by atoms with E-state index in [1.165, 1.54) is 0 Å². The Morgan fingerprint density at radius 3 is 2.60 bits per heavy atom. The van der Waals surface area contributed by atoms with E-state index in [2.05, 4.69) is 16.1 Å². The molecule has 1 aromatic carbocycles. The number of hydrogen-bond donors (Lipinski definition) is 0. The summed E-state index contributed by atoms with van der Waals surface area (Å²) in [5.74, 6) is 0. The van der Waals surface area contributed by atoms with Crippen LogP contribution in [-0.2, 0) is 13.6 Å². The highest BCUT2D eigenvalue weighted by Crippen LogP contribution is 2.24. The first kappa shape index (κ1) is 14.4. The van der Waals surface area contributed by atoms with Crippen LogP contribution < -0.4 is 4.90 Å². The van der Waals surface area contributed by atoms with E-state index in [1.54, 1.807) is 4.68 Å². The van der Waals surface area contributed by atoms with E-state index < -0.39 is 0 Å². The van der Waals surface area contributed by atoms with Crippen LogP contribution in [0.5, 0.6) is 0 Å². The largest absolute Gasteiger partial charge is 0.366 e. The van der Waals surface area contributed by atoms with Crippen molar-refractivity contribution in [1.29, 1.82) is 5.26 Å². The van der Waals surface area contributed by atoms with Gasteiger partial charge in [-0.1, -0.05) is 29.8 Å². The average molecular weight is 289 g/mol. The van der Waals surface area contributed by atoms with Gasteiger partial charge in [-0.25, -0.2) is 0 Å². The second-order valence-electron chi connectivity index (χ2n) is 4.64. The van der Waals surface area contributed by atoms with Gasteiger partial charge in [0, 0.05) is 31.4 Å². The maximum atomic E-state index is 8.82. The van der Waals surface area contributed by atoms with Crippen LogP contribution in [0.15, 0.2) is 30.3 Å². The van der Waals surface area contributed by atoms with Gasteiger partial charge in [0.1, 0.15) is 5.15 Å². The fraction of sp³-hybridized carbons (Fsp3) is 0.333. The lowest BCUT2D eigenvalue weighted by molar-refractivity contribution is 0.756. The number of halogens is 1. The van der Waals surface area contributed by atoms with E-state index in [0.29, 0.717) is 24.7 Å². The molecule has 0 unspecified atom stereocenters. The normalized spacial score (nSPS) is 10.3. The Labute approximate surface area is 124 Å².